The first-order chi connectivity index (χ1) is 4.31. The summed E-state index contributed by atoms with van der Waals surface area (Å²) in [5, 5.41) is 0. The van der Waals surface area contributed by atoms with Crippen LogP contribution in [0.15, 0.2) is 0 Å². The minimum absolute atomic E-state index is 0.275. The molecule has 2 aliphatic heterocycles. The van der Waals surface area contributed by atoms with Crippen LogP contribution in [0, 0.1) is 0 Å². The molecule has 0 aromatic rings. The summed E-state index contributed by atoms with van der Waals surface area (Å²) in [5.41, 5.74) is 0.275. The molecule has 0 radical (unpaired) electrons. The number of ether oxygens (including phenoxy) is 2. The molecule has 0 aliphatic carbocycles. The molecule has 2 nitrogen and oxygen atoms in total. The lowest BCUT2D eigenvalue weighted by Gasteiger charge is -2.24. The van der Waals surface area contributed by atoms with E-state index in [1.165, 1.54) is 0 Å². The molecule has 2 heterocycles. The van der Waals surface area contributed by atoms with Crippen LogP contribution in [0.3, 0.4) is 0 Å². The second kappa shape index (κ2) is 1.70. The summed E-state index contributed by atoms with van der Waals surface area (Å²) < 4.78 is 10.7. The Morgan fingerprint density at radius 3 is 2.78 bits per heavy atom. The van der Waals surface area contributed by atoms with Crippen LogP contribution in [-0.4, -0.2) is 24.9 Å². The molecule has 2 unspecified atom stereocenters. The van der Waals surface area contributed by atoms with Gasteiger partial charge < -0.3 is 9.47 Å². The molecule has 2 aliphatic rings. The number of hydrogen-bond acceptors (Lipinski definition) is 2. The number of epoxide rings is 1. The van der Waals surface area contributed by atoms with Crippen LogP contribution < -0.4 is 0 Å². The average molecular weight is 128 g/mol. The first kappa shape index (κ1) is 5.69. The van der Waals surface area contributed by atoms with Gasteiger partial charge in [-0.3, -0.25) is 0 Å². The van der Waals surface area contributed by atoms with Crippen LogP contribution in [0.5, 0.6) is 0 Å². The van der Waals surface area contributed by atoms with Gasteiger partial charge in [-0.1, -0.05) is 0 Å². The molecule has 0 N–H and O–H groups in total. The van der Waals surface area contributed by atoms with E-state index in [9.17, 15) is 0 Å². The van der Waals surface area contributed by atoms with E-state index in [2.05, 4.69) is 6.92 Å². The van der Waals surface area contributed by atoms with Gasteiger partial charge in [0, 0.05) is 19.4 Å². The van der Waals surface area contributed by atoms with Crippen molar-refractivity contribution in [3.8, 4) is 0 Å². The molecule has 0 aromatic heterocycles. The van der Waals surface area contributed by atoms with E-state index < -0.39 is 0 Å². The molecule has 0 saturated carbocycles. The maximum Gasteiger partial charge on any atom is 0.0963 e. The van der Waals surface area contributed by atoms with Crippen LogP contribution in [0.4, 0.5) is 0 Å². The highest BCUT2D eigenvalue weighted by molar-refractivity contribution is 4.95. The van der Waals surface area contributed by atoms with Gasteiger partial charge in [-0.2, -0.15) is 0 Å². The molecule has 1 spiro atoms. The minimum Gasteiger partial charge on any atom is -0.378 e. The van der Waals surface area contributed by atoms with E-state index in [1.807, 2.05) is 0 Å². The van der Waals surface area contributed by atoms with Gasteiger partial charge >= 0.3 is 0 Å². The van der Waals surface area contributed by atoms with E-state index in [0.29, 0.717) is 6.10 Å². The van der Waals surface area contributed by atoms with Crippen molar-refractivity contribution in [2.45, 2.75) is 31.5 Å². The van der Waals surface area contributed by atoms with E-state index in [0.717, 1.165) is 26.1 Å². The van der Waals surface area contributed by atoms with Gasteiger partial charge in [-0.15, -0.1) is 0 Å². The third kappa shape index (κ3) is 0.970. The van der Waals surface area contributed by atoms with Gasteiger partial charge in [-0.05, 0) is 6.92 Å². The topological polar surface area (TPSA) is 21.8 Å². The molecule has 52 valence electrons. The third-order valence-corrected chi connectivity index (χ3v) is 2.17. The molecule has 2 rings (SSSR count). The fourth-order valence-electron chi connectivity index (χ4n) is 1.50. The van der Waals surface area contributed by atoms with Crippen molar-refractivity contribution in [3.63, 3.8) is 0 Å². The highest BCUT2D eigenvalue weighted by Crippen LogP contribution is 2.39. The van der Waals surface area contributed by atoms with Gasteiger partial charge in [-0.25, -0.2) is 0 Å². The molecule has 0 bridgehead atoms. The molecule has 0 amide bonds. The predicted octanol–water partition coefficient (Wildman–Crippen LogP) is 0.954. The van der Waals surface area contributed by atoms with E-state index >= 15 is 0 Å². The smallest absolute Gasteiger partial charge is 0.0963 e. The first-order valence-corrected chi connectivity index (χ1v) is 3.56. The Kier molecular flexibility index (Phi) is 1.08. The molecule has 2 heteroatoms. The summed E-state index contributed by atoms with van der Waals surface area (Å²) in [5.74, 6) is 0. The first-order valence-electron chi connectivity index (χ1n) is 3.56. The predicted molar refractivity (Wildman–Crippen MR) is 33.3 cm³/mol. The minimum atomic E-state index is 0.275. The van der Waals surface area contributed by atoms with Gasteiger partial charge in [0.2, 0.25) is 0 Å². The van der Waals surface area contributed by atoms with Gasteiger partial charge in [0.05, 0.1) is 18.3 Å². The highest BCUT2D eigenvalue weighted by atomic mass is 16.6. The van der Waals surface area contributed by atoms with Gasteiger partial charge in [0.1, 0.15) is 0 Å². The third-order valence-electron chi connectivity index (χ3n) is 2.17. The fourth-order valence-corrected chi connectivity index (χ4v) is 1.50. The Hall–Kier alpha value is -0.0800. The zero-order valence-corrected chi connectivity index (χ0v) is 5.72. The molecule has 9 heavy (non-hydrogen) atoms. The second-order valence-electron chi connectivity index (χ2n) is 3.11. The largest absolute Gasteiger partial charge is 0.378 e. The maximum absolute atomic E-state index is 5.37. The summed E-state index contributed by atoms with van der Waals surface area (Å²) in [4.78, 5) is 0. The molecule has 2 saturated heterocycles. The van der Waals surface area contributed by atoms with E-state index in [4.69, 9.17) is 9.47 Å². The van der Waals surface area contributed by atoms with Crippen molar-refractivity contribution in [2.75, 3.05) is 13.2 Å². The molecule has 2 atom stereocenters. The van der Waals surface area contributed by atoms with Gasteiger partial charge in [0.25, 0.3) is 0 Å². The average Bonchev–Trinajstić information content (AvgIpc) is 2.49. The van der Waals surface area contributed by atoms with Crippen molar-refractivity contribution in [1.29, 1.82) is 0 Å². The van der Waals surface area contributed by atoms with Crippen molar-refractivity contribution >= 4 is 0 Å². The zero-order valence-electron chi connectivity index (χ0n) is 5.72. The lowest BCUT2D eigenvalue weighted by Crippen LogP contribution is -2.29. The summed E-state index contributed by atoms with van der Waals surface area (Å²) in [6.45, 7) is 3.98. The highest BCUT2D eigenvalue weighted by Gasteiger charge is 2.47. The van der Waals surface area contributed by atoms with Crippen LogP contribution >= 0.6 is 0 Å². The van der Waals surface area contributed by atoms with Crippen molar-refractivity contribution in [1.82, 2.24) is 0 Å². The van der Waals surface area contributed by atoms with Crippen LogP contribution in [0.25, 0.3) is 0 Å². The number of rotatable bonds is 0. The zero-order chi connectivity index (χ0) is 6.32. The summed E-state index contributed by atoms with van der Waals surface area (Å²) in [7, 11) is 0. The summed E-state index contributed by atoms with van der Waals surface area (Å²) in [6.07, 6.45) is 2.63. The second-order valence-corrected chi connectivity index (χ2v) is 3.11. The monoisotopic (exact) mass is 128 g/mol. The standard InChI is InChI=1S/C7H12O2/c1-6-4-7(5-9-7)2-3-8-6/h6H,2-5H2,1H3. The van der Waals surface area contributed by atoms with Crippen LogP contribution in [0.1, 0.15) is 19.8 Å². The van der Waals surface area contributed by atoms with Gasteiger partial charge in [0.15, 0.2) is 0 Å². The van der Waals surface area contributed by atoms with E-state index in [1.54, 1.807) is 0 Å². The number of hydrogen-bond donors (Lipinski definition) is 0. The SMILES string of the molecule is CC1CC2(CCO1)CO2. The van der Waals surface area contributed by atoms with Crippen LogP contribution in [-0.2, 0) is 9.47 Å². The maximum atomic E-state index is 5.37. The van der Waals surface area contributed by atoms with Crippen LogP contribution in [0.2, 0.25) is 0 Å². The Bertz CT molecular complexity index is 118. The Labute approximate surface area is 55.1 Å². The normalized spacial score (nSPS) is 49.7. The summed E-state index contributed by atoms with van der Waals surface area (Å²) >= 11 is 0. The van der Waals surface area contributed by atoms with E-state index in [-0.39, 0.29) is 5.60 Å². The molecular formula is C7H12O2. The Morgan fingerprint density at radius 2 is 2.33 bits per heavy atom. The summed E-state index contributed by atoms with van der Waals surface area (Å²) in [6, 6.07) is 0. The Morgan fingerprint density at radius 1 is 1.56 bits per heavy atom. The lowest BCUT2D eigenvalue weighted by atomic mass is 9.97. The molecule has 0 aromatic carbocycles. The van der Waals surface area contributed by atoms with Crippen molar-refractivity contribution < 1.29 is 9.47 Å². The fraction of sp³-hybridized carbons (Fsp3) is 1.00. The van der Waals surface area contributed by atoms with Crippen molar-refractivity contribution in [3.05, 3.63) is 0 Å². The lowest BCUT2D eigenvalue weighted by molar-refractivity contribution is -0.00876. The van der Waals surface area contributed by atoms with Crippen molar-refractivity contribution in [2.24, 2.45) is 0 Å². The molecule has 2 fully saturated rings. The molecular weight excluding hydrogens is 116 g/mol. The quantitative estimate of drug-likeness (QED) is 0.453. The Balaban J connectivity index is 1.96.